The van der Waals surface area contributed by atoms with Crippen LogP contribution in [0.1, 0.15) is 27.8 Å². The Morgan fingerprint density at radius 3 is 1.30 bits per heavy atom. The Morgan fingerprint density at radius 2 is 0.737 bits per heavy atom. The Balaban J connectivity index is 1.16. The van der Waals surface area contributed by atoms with Gasteiger partial charge in [-0.15, -0.1) is 0 Å². The highest BCUT2D eigenvalue weighted by atomic mass is 15.1. The molecule has 1 heteroatoms. The lowest BCUT2D eigenvalue weighted by molar-refractivity contribution is 0.768. The number of nitrogens with zero attached hydrogens (tertiary/aromatic N) is 1. The minimum absolute atomic E-state index is 0.515. The molecule has 10 rings (SSSR count). The number of benzene rings is 9. The molecule has 9 aromatic rings. The van der Waals surface area contributed by atoms with Gasteiger partial charge in [-0.05, 0) is 85.0 Å². The fourth-order valence-electron chi connectivity index (χ4n) is 8.95. The van der Waals surface area contributed by atoms with E-state index < -0.39 is 5.41 Å². The van der Waals surface area contributed by atoms with Crippen molar-refractivity contribution >= 4 is 11.4 Å². The third kappa shape index (κ3) is 6.15. The van der Waals surface area contributed by atoms with Gasteiger partial charge in [0.15, 0.2) is 0 Å². The average Bonchev–Trinajstić information content (AvgIpc) is 3.61. The van der Waals surface area contributed by atoms with Gasteiger partial charge in [0, 0.05) is 23.5 Å². The van der Waals surface area contributed by atoms with Crippen LogP contribution in [0.2, 0.25) is 0 Å². The molecular formula is C56H41N. The highest BCUT2D eigenvalue weighted by Gasteiger charge is 2.47. The third-order valence-corrected chi connectivity index (χ3v) is 11.7. The summed E-state index contributed by atoms with van der Waals surface area (Å²) >= 11 is 0. The van der Waals surface area contributed by atoms with Crippen molar-refractivity contribution in [3.05, 3.63) is 264 Å². The molecule has 0 amide bonds. The molecule has 1 unspecified atom stereocenters. The normalized spacial score (nSPS) is 14.1. The van der Waals surface area contributed by atoms with E-state index in [1.807, 2.05) is 0 Å². The molecule has 0 aliphatic heterocycles. The van der Waals surface area contributed by atoms with Crippen LogP contribution in [0.25, 0.3) is 44.5 Å². The number of anilines is 2. The summed E-state index contributed by atoms with van der Waals surface area (Å²) in [4.78, 5) is 2.52. The summed E-state index contributed by atoms with van der Waals surface area (Å²) in [6.45, 7) is 0.711. The summed E-state index contributed by atoms with van der Waals surface area (Å²) in [6, 6.07) is 86.5. The summed E-state index contributed by atoms with van der Waals surface area (Å²) in [5.41, 5.74) is 18.0. The van der Waals surface area contributed by atoms with Crippen molar-refractivity contribution in [2.75, 3.05) is 4.90 Å². The molecule has 1 aliphatic carbocycles. The van der Waals surface area contributed by atoms with Crippen molar-refractivity contribution < 1.29 is 0 Å². The highest BCUT2D eigenvalue weighted by molar-refractivity contribution is 5.95. The molecule has 0 radical (unpaired) electrons. The second kappa shape index (κ2) is 14.8. The number of hydrogen-bond acceptors (Lipinski definition) is 1. The molecule has 0 N–H and O–H groups in total. The minimum atomic E-state index is -0.515. The molecule has 0 saturated heterocycles. The minimum Gasteiger partial charge on any atom is -0.336 e. The van der Waals surface area contributed by atoms with Gasteiger partial charge in [0.2, 0.25) is 0 Å². The van der Waals surface area contributed by atoms with E-state index in [1.165, 1.54) is 78.0 Å². The van der Waals surface area contributed by atoms with Crippen LogP contribution in [0.5, 0.6) is 0 Å². The topological polar surface area (TPSA) is 3.24 Å². The highest BCUT2D eigenvalue weighted by Crippen LogP contribution is 2.59. The van der Waals surface area contributed by atoms with Gasteiger partial charge in [-0.1, -0.05) is 218 Å². The summed E-state index contributed by atoms with van der Waals surface area (Å²) in [6.07, 6.45) is 0. The molecule has 270 valence electrons. The third-order valence-electron chi connectivity index (χ3n) is 11.7. The second-order valence-corrected chi connectivity index (χ2v) is 14.9. The number of hydrogen-bond donors (Lipinski definition) is 0. The van der Waals surface area contributed by atoms with Crippen LogP contribution in [0.4, 0.5) is 11.4 Å². The first-order valence-electron chi connectivity index (χ1n) is 19.8. The van der Waals surface area contributed by atoms with E-state index in [9.17, 15) is 0 Å². The zero-order valence-electron chi connectivity index (χ0n) is 31.7. The Morgan fingerprint density at radius 1 is 0.316 bits per heavy atom. The van der Waals surface area contributed by atoms with Crippen LogP contribution in [0, 0.1) is 0 Å². The van der Waals surface area contributed by atoms with Gasteiger partial charge in [0.05, 0.1) is 5.41 Å². The van der Waals surface area contributed by atoms with Crippen LogP contribution >= 0.6 is 0 Å². The van der Waals surface area contributed by atoms with E-state index in [1.54, 1.807) is 0 Å². The zero-order chi connectivity index (χ0) is 38.0. The molecule has 1 atom stereocenters. The van der Waals surface area contributed by atoms with E-state index >= 15 is 0 Å². The molecule has 0 bridgehead atoms. The van der Waals surface area contributed by atoms with Gasteiger partial charge in [-0.2, -0.15) is 0 Å². The summed E-state index contributed by atoms with van der Waals surface area (Å²) in [7, 11) is 0. The van der Waals surface area contributed by atoms with E-state index in [4.69, 9.17) is 0 Å². The molecule has 0 heterocycles. The van der Waals surface area contributed by atoms with Crippen LogP contribution in [0.15, 0.2) is 237 Å². The van der Waals surface area contributed by atoms with Crippen LogP contribution < -0.4 is 4.90 Å². The molecule has 1 nitrogen and oxygen atoms in total. The van der Waals surface area contributed by atoms with Gasteiger partial charge < -0.3 is 4.90 Å². The Bertz CT molecular complexity index is 2760. The Labute approximate surface area is 335 Å². The van der Waals surface area contributed by atoms with E-state index in [0.717, 1.165) is 5.69 Å². The maximum Gasteiger partial charge on any atom is 0.0714 e. The van der Waals surface area contributed by atoms with Gasteiger partial charge in [0.1, 0.15) is 0 Å². The summed E-state index contributed by atoms with van der Waals surface area (Å²) < 4.78 is 0. The number of rotatable bonds is 9. The number of fused-ring (bicyclic) bond motifs is 3. The first-order valence-corrected chi connectivity index (χ1v) is 19.8. The molecule has 1 aliphatic rings. The second-order valence-electron chi connectivity index (χ2n) is 14.9. The SMILES string of the molecule is c1ccc(-c2ccc(CN(c3ccc(-c4ccccc4)cc3)c3cccc4c3-c3ccccc3C4(c3ccccc3)c3ccc(-c4ccccc4)cc3)cc2)cc1. The zero-order valence-corrected chi connectivity index (χ0v) is 31.7. The molecule has 9 aromatic carbocycles. The standard InChI is InChI=1S/C56H41N/c1-5-16-42(17-6-1)45-30-28-41(29-31-45)40-57(50-38-34-47(35-39-50)44-20-9-3-10-21-44)54-27-15-26-53-55(54)51-24-13-14-25-52(51)56(53,48-22-11-4-12-23-48)49-36-32-46(33-37-49)43-18-7-2-8-19-43/h1-39H,40H2. The fraction of sp³-hybridized carbons (Fsp3) is 0.0357. The first kappa shape index (κ1) is 34.3. The van der Waals surface area contributed by atoms with Gasteiger partial charge in [0.25, 0.3) is 0 Å². The van der Waals surface area contributed by atoms with Gasteiger partial charge in [-0.25, -0.2) is 0 Å². The lowest BCUT2D eigenvalue weighted by atomic mass is 9.67. The molecule has 0 spiro atoms. The maximum atomic E-state index is 2.52. The van der Waals surface area contributed by atoms with Crippen molar-refractivity contribution in [1.82, 2.24) is 0 Å². The van der Waals surface area contributed by atoms with Gasteiger partial charge >= 0.3 is 0 Å². The Hall–Kier alpha value is -7.22. The first-order chi connectivity index (χ1) is 28.3. The average molecular weight is 728 g/mol. The van der Waals surface area contributed by atoms with Crippen LogP contribution in [-0.4, -0.2) is 0 Å². The van der Waals surface area contributed by atoms with Crippen molar-refractivity contribution in [2.45, 2.75) is 12.0 Å². The molecule has 57 heavy (non-hydrogen) atoms. The lowest BCUT2D eigenvalue weighted by Crippen LogP contribution is -2.28. The molecule has 0 saturated carbocycles. The van der Waals surface area contributed by atoms with Crippen molar-refractivity contribution in [2.24, 2.45) is 0 Å². The van der Waals surface area contributed by atoms with Crippen LogP contribution in [0.3, 0.4) is 0 Å². The van der Waals surface area contributed by atoms with Crippen molar-refractivity contribution in [3.8, 4) is 44.5 Å². The van der Waals surface area contributed by atoms with Crippen molar-refractivity contribution in [3.63, 3.8) is 0 Å². The molecular weight excluding hydrogens is 687 g/mol. The monoisotopic (exact) mass is 727 g/mol. The van der Waals surface area contributed by atoms with Crippen LogP contribution in [-0.2, 0) is 12.0 Å². The largest absolute Gasteiger partial charge is 0.336 e. The molecule has 0 fully saturated rings. The summed E-state index contributed by atoms with van der Waals surface area (Å²) in [5, 5.41) is 0. The molecule has 0 aromatic heterocycles. The van der Waals surface area contributed by atoms with Gasteiger partial charge in [-0.3, -0.25) is 0 Å². The van der Waals surface area contributed by atoms with Crippen molar-refractivity contribution in [1.29, 1.82) is 0 Å². The smallest absolute Gasteiger partial charge is 0.0714 e. The van der Waals surface area contributed by atoms with E-state index in [0.29, 0.717) is 6.54 Å². The van der Waals surface area contributed by atoms with E-state index in [2.05, 4.69) is 241 Å². The Kier molecular flexibility index (Phi) is 8.89. The predicted octanol–water partition coefficient (Wildman–Crippen LogP) is 14.4. The quantitative estimate of drug-likeness (QED) is 0.143. The van der Waals surface area contributed by atoms with E-state index in [-0.39, 0.29) is 0 Å². The predicted molar refractivity (Wildman–Crippen MR) is 239 cm³/mol. The lowest BCUT2D eigenvalue weighted by Gasteiger charge is -2.34. The summed E-state index contributed by atoms with van der Waals surface area (Å²) in [5.74, 6) is 0. The fourth-order valence-corrected chi connectivity index (χ4v) is 8.95. The maximum absolute atomic E-state index is 2.52.